The summed E-state index contributed by atoms with van der Waals surface area (Å²) in [6.07, 6.45) is 6.09. The van der Waals surface area contributed by atoms with E-state index in [0.717, 1.165) is 29.8 Å². The lowest BCUT2D eigenvalue weighted by atomic mass is 9.98. The number of carbonyl (C=O) groups excluding carboxylic acids is 1. The number of nitrogens with zero attached hydrogens (tertiary/aromatic N) is 3. The van der Waals surface area contributed by atoms with Crippen LogP contribution in [0.3, 0.4) is 0 Å². The first kappa shape index (κ1) is 11.8. The molecule has 2 aromatic heterocycles. The lowest BCUT2D eigenvalue weighted by Gasteiger charge is -2.13. The molecule has 0 bridgehead atoms. The third kappa shape index (κ3) is 1.85. The topological polar surface area (TPSA) is 47.8 Å². The number of rotatable bonds is 2. The van der Waals surface area contributed by atoms with E-state index in [1.165, 1.54) is 12.3 Å². The van der Waals surface area contributed by atoms with Crippen LogP contribution >= 0.6 is 0 Å². The summed E-state index contributed by atoms with van der Waals surface area (Å²) in [5.74, 6) is 0.387. The number of aryl methyl sites for hydroxylation is 1. The van der Waals surface area contributed by atoms with E-state index in [2.05, 4.69) is 10.1 Å². The molecule has 2 aliphatic rings. The quantitative estimate of drug-likeness (QED) is 0.843. The number of carbonyl (C=O) groups is 1. The minimum atomic E-state index is -0.355. The first-order chi connectivity index (χ1) is 9.72. The van der Waals surface area contributed by atoms with Crippen LogP contribution in [0, 0.1) is 5.82 Å². The third-order valence-corrected chi connectivity index (χ3v) is 4.03. The predicted molar refractivity (Wildman–Crippen MR) is 70.7 cm³/mol. The average Bonchev–Trinajstić information content (AvgIpc) is 3.19. The van der Waals surface area contributed by atoms with Crippen LogP contribution in [0.2, 0.25) is 0 Å². The minimum Gasteiger partial charge on any atom is -0.299 e. The van der Waals surface area contributed by atoms with Crippen molar-refractivity contribution >= 4 is 5.78 Å². The zero-order chi connectivity index (χ0) is 13.7. The monoisotopic (exact) mass is 271 g/mol. The Morgan fingerprint density at radius 2 is 2.15 bits per heavy atom. The Morgan fingerprint density at radius 1 is 1.30 bits per heavy atom. The maximum absolute atomic E-state index is 13.4. The molecular formula is C15H14FN3O. The Bertz CT molecular complexity index is 703. The molecule has 102 valence electrons. The second-order valence-electron chi connectivity index (χ2n) is 5.56. The SMILES string of the molecule is O=C1CCn2nc(-c3cncc(F)c3)c(C3CC3)c2C1. The van der Waals surface area contributed by atoms with Gasteiger partial charge in [0.05, 0.1) is 11.9 Å². The molecule has 1 aliphatic carbocycles. The molecule has 3 heterocycles. The molecule has 0 amide bonds. The maximum atomic E-state index is 13.4. The molecule has 1 aliphatic heterocycles. The lowest BCUT2D eigenvalue weighted by Crippen LogP contribution is -2.20. The van der Waals surface area contributed by atoms with Crippen molar-refractivity contribution in [3.8, 4) is 11.3 Å². The first-order valence-electron chi connectivity index (χ1n) is 6.94. The molecule has 0 N–H and O–H groups in total. The van der Waals surface area contributed by atoms with Crippen LogP contribution in [-0.4, -0.2) is 20.5 Å². The second-order valence-corrected chi connectivity index (χ2v) is 5.56. The molecule has 4 nitrogen and oxygen atoms in total. The van der Waals surface area contributed by atoms with Gasteiger partial charge in [-0.1, -0.05) is 0 Å². The summed E-state index contributed by atoms with van der Waals surface area (Å²) < 4.78 is 15.3. The molecule has 4 rings (SSSR count). The van der Waals surface area contributed by atoms with Gasteiger partial charge in [0.2, 0.25) is 0 Å². The zero-order valence-electron chi connectivity index (χ0n) is 11.0. The van der Waals surface area contributed by atoms with Crippen LogP contribution in [0.25, 0.3) is 11.3 Å². The van der Waals surface area contributed by atoms with E-state index in [1.54, 1.807) is 6.20 Å². The van der Waals surface area contributed by atoms with Gasteiger partial charge in [0.25, 0.3) is 0 Å². The summed E-state index contributed by atoms with van der Waals surface area (Å²) >= 11 is 0. The molecule has 1 fully saturated rings. The van der Waals surface area contributed by atoms with Crippen molar-refractivity contribution in [1.82, 2.24) is 14.8 Å². The fourth-order valence-electron chi connectivity index (χ4n) is 2.94. The van der Waals surface area contributed by atoms with Crippen molar-refractivity contribution in [3.63, 3.8) is 0 Å². The average molecular weight is 271 g/mol. The van der Waals surface area contributed by atoms with Gasteiger partial charge in [0, 0.05) is 42.4 Å². The van der Waals surface area contributed by atoms with Crippen LogP contribution in [-0.2, 0) is 17.8 Å². The van der Waals surface area contributed by atoms with Crippen LogP contribution < -0.4 is 0 Å². The van der Waals surface area contributed by atoms with E-state index in [9.17, 15) is 9.18 Å². The lowest BCUT2D eigenvalue weighted by molar-refractivity contribution is -0.119. The van der Waals surface area contributed by atoms with Crippen molar-refractivity contribution in [3.05, 3.63) is 35.5 Å². The van der Waals surface area contributed by atoms with Crippen LogP contribution in [0.1, 0.15) is 36.4 Å². The van der Waals surface area contributed by atoms with Crippen molar-refractivity contribution < 1.29 is 9.18 Å². The first-order valence-corrected chi connectivity index (χ1v) is 6.94. The molecule has 20 heavy (non-hydrogen) atoms. The molecular weight excluding hydrogens is 257 g/mol. The largest absolute Gasteiger partial charge is 0.299 e. The van der Waals surface area contributed by atoms with Gasteiger partial charge in [-0.25, -0.2) is 4.39 Å². The highest BCUT2D eigenvalue weighted by Crippen LogP contribution is 2.46. The fourth-order valence-corrected chi connectivity index (χ4v) is 2.94. The van der Waals surface area contributed by atoms with E-state index < -0.39 is 0 Å². The van der Waals surface area contributed by atoms with Gasteiger partial charge in [-0.15, -0.1) is 0 Å². The Balaban J connectivity index is 1.89. The minimum absolute atomic E-state index is 0.267. The smallest absolute Gasteiger partial charge is 0.142 e. The predicted octanol–water partition coefficient (Wildman–Crippen LogP) is 2.48. The van der Waals surface area contributed by atoms with Crippen molar-refractivity contribution in [1.29, 1.82) is 0 Å². The van der Waals surface area contributed by atoms with E-state index >= 15 is 0 Å². The highest BCUT2D eigenvalue weighted by Gasteiger charge is 2.34. The van der Waals surface area contributed by atoms with Crippen molar-refractivity contribution in [2.45, 2.75) is 38.1 Å². The van der Waals surface area contributed by atoms with Gasteiger partial charge in [-0.05, 0) is 24.8 Å². The molecule has 0 atom stereocenters. The zero-order valence-corrected chi connectivity index (χ0v) is 11.0. The van der Waals surface area contributed by atoms with Gasteiger partial charge in [-0.3, -0.25) is 14.5 Å². The molecule has 0 aromatic carbocycles. The van der Waals surface area contributed by atoms with Crippen LogP contribution in [0.4, 0.5) is 4.39 Å². The molecule has 0 radical (unpaired) electrons. The summed E-state index contributed by atoms with van der Waals surface area (Å²) in [6.45, 7) is 0.636. The molecule has 0 saturated heterocycles. The van der Waals surface area contributed by atoms with E-state index in [1.807, 2.05) is 4.68 Å². The summed E-state index contributed by atoms with van der Waals surface area (Å²) in [4.78, 5) is 15.6. The number of ketones is 1. The van der Waals surface area contributed by atoms with Crippen LogP contribution in [0.5, 0.6) is 0 Å². The van der Waals surface area contributed by atoms with Gasteiger partial charge in [-0.2, -0.15) is 5.10 Å². The molecule has 0 spiro atoms. The summed E-state index contributed by atoms with van der Waals surface area (Å²) in [6, 6.07) is 1.47. The number of halogens is 1. The summed E-state index contributed by atoms with van der Waals surface area (Å²) in [5, 5.41) is 4.62. The van der Waals surface area contributed by atoms with Crippen molar-refractivity contribution in [2.75, 3.05) is 0 Å². The van der Waals surface area contributed by atoms with Gasteiger partial charge in [0.1, 0.15) is 11.6 Å². The number of fused-ring (bicyclic) bond motifs is 1. The molecule has 0 unspecified atom stereocenters. The Morgan fingerprint density at radius 3 is 2.90 bits per heavy atom. The number of hydrogen-bond acceptors (Lipinski definition) is 3. The maximum Gasteiger partial charge on any atom is 0.142 e. The Hall–Kier alpha value is -2.04. The standard InChI is InChI=1S/C15H14FN3O/c16-11-5-10(7-17-8-11)15-14(9-1-2-9)13-6-12(20)3-4-19(13)18-15/h5,7-9H,1-4,6H2. The number of pyridine rings is 1. The number of Topliss-reactive ketones (excluding diaryl/α,β-unsaturated/α-hetero) is 1. The normalized spacial score (nSPS) is 18.1. The molecule has 2 aromatic rings. The van der Waals surface area contributed by atoms with Gasteiger partial charge in [0.15, 0.2) is 0 Å². The van der Waals surface area contributed by atoms with Crippen LogP contribution in [0.15, 0.2) is 18.5 Å². The molecule has 5 heteroatoms. The van der Waals surface area contributed by atoms with E-state index in [0.29, 0.717) is 30.9 Å². The summed E-state index contributed by atoms with van der Waals surface area (Å²) in [5.41, 5.74) is 3.69. The third-order valence-electron chi connectivity index (χ3n) is 4.03. The second kappa shape index (κ2) is 4.23. The fraction of sp³-hybridized carbons (Fsp3) is 0.400. The number of aromatic nitrogens is 3. The Kier molecular flexibility index (Phi) is 2.49. The Labute approximate surface area is 115 Å². The highest BCUT2D eigenvalue weighted by atomic mass is 19.1. The van der Waals surface area contributed by atoms with Gasteiger partial charge >= 0.3 is 0 Å². The number of hydrogen-bond donors (Lipinski definition) is 0. The van der Waals surface area contributed by atoms with E-state index in [-0.39, 0.29) is 11.6 Å². The molecule has 1 saturated carbocycles. The van der Waals surface area contributed by atoms with E-state index in [4.69, 9.17) is 0 Å². The highest BCUT2D eigenvalue weighted by molar-refractivity contribution is 5.83. The summed E-state index contributed by atoms with van der Waals surface area (Å²) in [7, 11) is 0. The van der Waals surface area contributed by atoms with Gasteiger partial charge < -0.3 is 0 Å². The van der Waals surface area contributed by atoms with Crippen molar-refractivity contribution in [2.24, 2.45) is 0 Å².